The number of hydrogen-bond donors (Lipinski definition) is 4. The minimum atomic E-state index is -4.18. The van der Waals surface area contributed by atoms with Gasteiger partial charge in [-0.3, -0.25) is 0 Å². The molecule has 14 heteroatoms. The molecule has 0 aliphatic carbocycles. The molecule has 4 rings (SSSR count). The van der Waals surface area contributed by atoms with E-state index in [0.29, 0.717) is 5.56 Å². The van der Waals surface area contributed by atoms with E-state index in [0.717, 1.165) is 42.4 Å². The zero-order valence-corrected chi connectivity index (χ0v) is 25.2. The van der Waals surface area contributed by atoms with Crippen molar-refractivity contribution < 1.29 is 33.2 Å². The van der Waals surface area contributed by atoms with Crippen LogP contribution < -0.4 is 9.62 Å². The van der Waals surface area contributed by atoms with Gasteiger partial charge in [-0.15, -0.1) is 5.10 Å². The molecule has 0 saturated carbocycles. The monoisotopic (exact) mass is 614 g/mol. The van der Waals surface area contributed by atoms with E-state index in [4.69, 9.17) is 9.47 Å². The smallest absolute Gasteiger partial charge is 0.251 e. The molecule has 2 aromatic carbocycles. The number of hydrogen-bond acceptors (Lipinski definition) is 11. The number of allylic oxidation sites excluding steroid dienone is 1. The van der Waals surface area contributed by atoms with Crippen molar-refractivity contribution >= 4 is 32.6 Å². The summed E-state index contributed by atoms with van der Waals surface area (Å²) in [6.07, 6.45) is -1.58. The number of aliphatic hydroxyl groups excluding tert-OH is 3. The van der Waals surface area contributed by atoms with Crippen LogP contribution in [0.2, 0.25) is 0 Å². The SMILES string of the molecule is CCCN(CCC)c1ccc2cc(C=C(C#N)S(=O)(=O)NCc3cn(CC4OC(OC)C(O)C(O)C4O)nn3)ccc2c1. The highest BCUT2D eigenvalue weighted by Gasteiger charge is 2.44. The van der Waals surface area contributed by atoms with Crippen molar-refractivity contribution in [1.82, 2.24) is 19.7 Å². The summed E-state index contributed by atoms with van der Waals surface area (Å²) >= 11 is 0. The Balaban J connectivity index is 1.43. The summed E-state index contributed by atoms with van der Waals surface area (Å²) in [7, 11) is -2.88. The fourth-order valence-corrected chi connectivity index (χ4v) is 5.88. The van der Waals surface area contributed by atoms with Gasteiger partial charge in [-0.05, 0) is 53.5 Å². The third kappa shape index (κ3) is 7.76. The maximum absolute atomic E-state index is 13.0. The van der Waals surface area contributed by atoms with E-state index >= 15 is 0 Å². The third-order valence-electron chi connectivity index (χ3n) is 7.19. The van der Waals surface area contributed by atoms with Gasteiger partial charge in [0, 0.05) is 32.1 Å². The van der Waals surface area contributed by atoms with Crippen molar-refractivity contribution in [1.29, 1.82) is 5.26 Å². The van der Waals surface area contributed by atoms with Gasteiger partial charge in [0.25, 0.3) is 10.0 Å². The number of fused-ring (bicyclic) bond motifs is 1. The number of nitriles is 1. The number of aliphatic hydroxyl groups is 3. The molecule has 43 heavy (non-hydrogen) atoms. The summed E-state index contributed by atoms with van der Waals surface area (Å²) in [5, 5.41) is 49.7. The quantitative estimate of drug-likeness (QED) is 0.205. The van der Waals surface area contributed by atoms with Crippen LogP contribution in [0, 0.1) is 11.3 Å². The lowest BCUT2D eigenvalue weighted by atomic mass is 9.99. The molecule has 0 spiro atoms. The molecule has 0 amide bonds. The van der Waals surface area contributed by atoms with Crippen molar-refractivity contribution in [3.8, 4) is 6.07 Å². The highest BCUT2D eigenvalue weighted by molar-refractivity contribution is 7.93. The Morgan fingerprint density at radius 1 is 1.12 bits per heavy atom. The number of sulfonamides is 1. The number of rotatable bonds is 13. The Morgan fingerprint density at radius 2 is 1.81 bits per heavy atom. The fraction of sp³-hybridized carbons (Fsp3) is 0.483. The molecule has 0 radical (unpaired) electrons. The zero-order valence-electron chi connectivity index (χ0n) is 24.4. The van der Waals surface area contributed by atoms with E-state index in [1.54, 1.807) is 12.1 Å². The molecule has 1 saturated heterocycles. The van der Waals surface area contributed by atoms with Crippen molar-refractivity contribution in [2.24, 2.45) is 0 Å². The van der Waals surface area contributed by atoms with Gasteiger partial charge in [0.05, 0.1) is 18.8 Å². The van der Waals surface area contributed by atoms with Crippen LogP contribution >= 0.6 is 0 Å². The average Bonchev–Trinajstić information content (AvgIpc) is 3.46. The first-order chi connectivity index (χ1) is 20.6. The number of nitrogens with one attached hydrogen (secondary N) is 1. The predicted octanol–water partition coefficient (Wildman–Crippen LogP) is 1.50. The number of nitrogens with zero attached hydrogens (tertiary/aromatic N) is 5. The summed E-state index contributed by atoms with van der Waals surface area (Å²) in [4.78, 5) is 1.89. The third-order valence-corrected chi connectivity index (χ3v) is 8.51. The summed E-state index contributed by atoms with van der Waals surface area (Å²) in [6.45, 7) is 5.94. The van der Waals surface area contributed by atoms with Gasteiger partial charge in [-0.2, -0.15) is 5.26 Å². The van der Waals surface area contributed by atoms with Gasteiger partial charge in [0.2, 0.25) is 0 Å². The van der Waals surface area contributed by atoms with Crippen LogP contribution in [0.25, 0.3) is 16.8 Å². The number of aromatic nitrogens is 3. The minimum absolute atomic E-state index is 0.0490. The summed E-state index contributed by atoms with van der Waals surface area (Å²) in [5.74, 6) is 0. The molecule has 1 aliphatic rings. The Morgan fingerprint density at radius 3 is 2.49 bits per heavy atom. The molecule has 1 aromatic heterocycles. The van der Waals surface area contributed by atoms with E-state index in [1.807, 2.05) is 18.2 Å². The van der Waals surface area contributed by atoms with Gasteiger partial charge >= 0.3 is 0 Å². The molecule has 1 fully saturated rings. The molecule has 5 unspecified atom stereocenters. The van der Waals surface area contributed by atoms with Crippen molar-refractivity contribution in [2.75, 3.05) is 25.1 Å². The average molecular weight is 615 g/mol. The molecule has 1 aliphatic heterocycles. The second kappa shape index (κ2) is 14.4. The largest absolute Gasteiger partial charge is 0.388 e. The molecule has 3 aromatic rings. The molecular formula is C29H38N6O7S. The van der Waals surface area contributed by atoms with E-state index in [2.05, 4.69) is 45.9 Å². The molecule has 2 heterocycles. The van der Waals surface area contributed by atoms with Crippen LogP contribution in [0.3, 0.4) is 0 Å². The highest BCUT2D eigenvalue weighted by Crippen LogP contribution is 2.26. The van der Waals surface area contributed by atoms with Crippen LogP contribution in [0.5, 0.6) is 0 Å². The minimum Gasteiger partial charge on any atom is -0.388 e. The molecule has 0 bridgehead atoms. The van der Waals surface area contributed by atoms with Crippen molar-refractivity contribution in [3.63, 3.8) is 0 Å². The van der Waals surface area contributed by atoms with E-state index in [9.17, 15) is 29.0 Å². The second-order valence-corrected chi connectivity index (χ2v) is 12.1. The number of benzene rings is 2. The van der Waals surface area contributed by atoms with Gasteiger partial charge in [0.1, 0.15) is 30.5 Å². The van der Waals surface area contributed by atoms with Gasteiger partial charge < -0.3 is 29.7 Å². The normalized spacial score (nSPS) is 22.9. The van der Waals surface area contributed by atoms with Crippen LogP contribution in [-0.4, -0.2) is 89.6 Å². The predicted molar refractivity (Wildman–Crippen MR) is 160 cm³/mol. The first-order valence-corrected chi connectivity index (χ1v) is 15.6. The standard InChI is InChI=1S/C29H38N6O7S/c1-4-10-34(11-5-2)23-9-8-20-12-19(6-7-21(20)14-23)13-24(15-30)43(39,40)31-16-22-17-35(33-32-22)18-25-26(36)27(37)28(38)29(41-3)42-25/h6-9,12-14,17,25-29,31,36-38H,4-5,10-11,16,18H2,1-3H3. The van der Waals surface area contributed by atoms with Gasteiger partial charge in [0.15, 0.2) is 11.2 Å². The molecule has 5 atom stereocenters. The molecular weight excluding hydrogens is 576 g/mol. The highest BCUT2D eigenvalue weighted by atomic mass is 32.2. The van der Waals surface area contributed by atoms with E-state index < -0.39 is 45.6 Å². The van der Waals surface area contributed by atoms with E-state index in [1.165, 1.54) is 24.1 Å². The maximum atomic E-state index is 13.0. The fourth-order valence-electron chi connectivity index (χ4n) is 4.97. The number of methoxy groups -OCH3 is 1. The van der Waals surface area contributed by atoms with E-state index in [-0.39, 0.29) is 18.8 Å². The lowest BCUT2D eigenvalue weighted by Gasteiger charge is -2.39. The second-order valence-electron chi connectivity index (χ2n) is 10.4. The topological polar surface area (TPSA) is 183 Å². The van der Waals surface area contributed by atoms with Crippen LogP contribution in [0.1, 0.15) is 37.9 Å². The Bertz CT molecular complexity index is 1560. The summed E-state index contributed by atoms with van der Waals surface area (Å²) in [5.41, 5.74) is 1.95. The van der Waals surface area contributed by atoms with Gasteiger partial charge in [-0.1, -0.05) is 37.3 Å². The maximum Gasteiger partial charge on any atom is 0.251 e. The number of anilines is 1. The summed E-state index contributed by atoms with van der Waals surface area (Å²) < 4.78 is 40.1. The van der Waals surface area contributed by atoms with Crippen molar-refractivity contribution in [3.05, 3.63) is 58.8 Å². The lowest BCUT2D eigenvalue weighted by Crippen LogP contribution is -2.58. The van der Waals surface area contributed by atoms with Gasteiger partial charge in [-0.25, -0.2) is 17.8 Å². The molecule has 13 nitrogen and oxygen atoms in total. The Labute approximate surface area is 251 Å². The first kappa shape index (κ1) is 32.5. The molecule has 232 valence electrons. The Kier molecular flexibility index (Phi) is 10.9. The van der Waals surface area contributed by atoms with Crippen molar-refractivity contribution in [2.45, 2.75) is 70.5 Å². The zero-order chi connectivity index (χ0) is 31.1. The van der Waals surface area contributed by atoms with Crippen LogP contribution in [0.15, 0.2) is 47.5 Å². The molecule has 4 N–H and O–H groups in total. The number of ether oxygens (including phenoxy) is 2. The summed E-state index contributed by atoms with van der Waals surface area (Å²) in [6, 6.07) is 13.5. The lowest BCUT2D eigenvalue weighted by molar-refractivity contribution is -0.292. The van der Waals surface area contributed by atoms with Crippen LogP contribution in [-0.2, 0) is 32.6 Å². The van der Waals surface area contributed by atoms with Crippen LogP contribution in [0.4, 0.5) is 5.69 Å². The Hall–Kier alpha value is -3.42. The first-order valence-electron chi connectivity index (χ1n) is 14.1.